The number of hydrogen-bond donors (Lipinski definition) is 0. The smallest absolute Gasteiger partial charge is 0.304 e. The Morgan fingerprint density at radius 3 is 1.80 bits per heavy atom. The highest BCUT2D eigenvalue weighted by atomic mass is 31.2. The van der Waals surface area contributed by atoms with E-state index in [0.717, 1.165) is 0 Å². The molecule has 1 aromatic carbocycles. The van der Waals surface area contributed by atoms with Crippen molar-refractivity contribution in [2.24, 2.45) is 4.99 Å². The molecule has 0 aliphatic rings. The highest BCUT2D eigenvalue weighted by Crippen LogP contribution is 2.53. The van der Waals surface area contributed by atoms with Crippen LogP contribution in [0, 0.1) is 0 Å². The first-order valence-corrected chi connectivity index (χ1v) is 8.66. The Labute approximate surface area is 140 Å². The third kappa shape index (κ3) is 5.83. The van der Waals surface area contributed by atoms with E-state index in [2.05, 4.69) is 4.99 Å². The molecule has 0 atom stereocenters. The number of nitrogens with zero attached hydrogens (tertiary/aromatic N) is 1. The third-order valence-electron chi connectivity index (χ3n) is 2.76. The van der Waals surface area contributed by atoms with Gasteiger partial charge in [-0.25, -0.2) is 0 Å². The zero-order chi connectivity index (χ0) is 19.3. The molecule has 0 heterocycles. The lowest BCUT2D eigenvalue weighted by Crippen LogP contribution is -2.41. The second-order valence-electron chi connectivity index (χ2n) is 4.64. The van der Waals surface area contributed by atoms with Crippen LogP contribution in [0.5, 0.6) is 0 Å². The predicted molar refractivity (Wildman–Crippen MR) is 79.7 cm³/mol. The molecule has 0 saturated carbocycles. The van der Waals surface area contributed by atoms with E-state index in [9.17, 15) is 30.9 Å². The summed E-state index contributed by atoms with van der Waals surface area (Å²) in [5.41, 5.74) is -1.23. The van der Waals surface area contributed by atoms with Crippen LogP contribution < -0.4 is 0 Å². The average Bonchev–Trinajstić information content (AvgIpc) is 2.46. The summed E-state index contributed by atoms with van der Waals surface area (Å²) < 4.78 is 99.7. The van der Waals surface area contributed by atoms with E-state index in [4.69, 9.17) is 9.05 Å². The second kappa shape index (κ2) is 8.33. The minimum Gasteiger partial charge on any atom is -0.304 e. The van der Waals surface area contributed by atoms with Gasteiger partial charge in [0.1, 0.15) is 0 Å². The molecule has 25 heavy (non-hydrogen) atoms. The van der Waals surface area contributed by atoms with E-state index >= 15 is 0 Å². The van der Waals surface area contributed by atoms with Crippen LogP contribution in [-0.4, -0.2) is 37.1 Å². The fourth-order valence-electron chi connectivity index (χ4n) is 1.84. The summed E-state index contributed by atoms with van der Waals surface area (Å²) in [7, 11) is -4.49. The van der Waals surface area contributed by atoms with Gasteiger partial charge in [-0.15, -0.1) is 0 Å². The lowest BCUT2D eigenvalue weighted by atomic mass is 10.2. The molecular weight excluding hydrogens is 375 g/mol. The number of hydrogen-bond acceptors (Lipinski definition) is 4. The molecule has 11 heteroatoms. The standard InChI is InChI=1S/C14H16F6NO3P/c1-3-23-25(22,24-4-2)11(10-8-6-5-7-9-10)21-12(13(15,16)17)14(18,19)20/h5-9,12H,3-4H2,1-2H3. The van der Waals surface area contributed by atoms with Crippen molar-refractivity contribution in [3.05, 3.63) is 35.9 Å². The molecule has 0 aromatic heterocycles. The monoisotopic (exact) mass is 391 g/mol. The average molecular weight is 391 g/mol. The first kappa shape index (κ1) is 21.7. The maximum atomic E-state index is 12.9. The van der Waals surface area contributed by atoms with Crippen LogP contribution in [0.1, 0.15) is 19.4 Å². The predicted octanol–water partition coefficient (Wildman–Crippen LogP) is 5.19. The van der Waals surface area contributed by atoms with E-state index in [0.29, 0.717) is 0 Å². The molecule has 0 radical (unpaired) electrons. The van der Waals surface area contributed by atoms with Gasteiger partial charge in [-0.1, -0.05) is 30.3 Å². The fraction of sp³-hybridized carbons (Fsp3) is 0.500. The molecule has 4 nitrogen and oxygen atoms in total. The van der Waals surface area contributed by atoms with E-state index in [1.807, 2.05) is 0 Å². The molecule has 0 spiro atoms. The van der Waals surface area contributed by atoms with Crippen molar-refractivity contribution in [3.8, 4) is 0 Å². The quantitative estimate of drug-likeness (QED) is 0.365. The van der Waals surface area contributed by atoms with Gasteiger partial charge in [0, 0.05) is 5.56 Å². The summed E-state index contributed by atoms with van der Waals surface area (Å²) in [6.07, 6.45) is -11.4. The summed E-state index contributed by atoms with van der Waals surface area (Å²) in [4.78, 5) is 2.75. The Balaban J connectivity index is 3.63. The maximum absolute atomic E-state index is 12.9. The molecule has 0 unspecified atom stereocenters. The Kier molecular flexibility index (Phi) is 7.22. The Morgan fingerprint density at radius 2 is 1.44 bits per heavy atom. The largest absolute Gasteiger partial charge is 0.419 e. The normalized spacial score (nSPS) is 14.2. The van der Waals surface area contributed by atoms with Crippen molar-refractivity contribution in [1.82, 2.24) is 0 Å². The molecule has 1 aromatic rings. The van der Waals surface area contributed by atoms with Gasteiger partial charge < -0.3 is 9.05 Å². The Bertz CT molecular complexity index is 606. The molecule has 1 rings (SSSR count). The molecule has 0 saturated heterocycles. The van der Waals surface area contributed by atoms with Crippen molar-refractivity contribution in [1.29, 1.82) is 0 Å². The van der Waals surface area contributed by atoms with Crippen LogP contribution in [0.2, 0.25) is 0 Å². The first-order chi connectivity index (χ1) is 11.5. The van der Waals surface area contributed by atoms with Gasteiger partial charge in [0.05, 0.1) is 13.2 Å². The molecular formula is C14H16F6NO3P. The number of aliphatic imine (C=N–C) groups is 1. The second-order valence-corrected chi connectivity index (χ2v) is 6.57. The van der Waals surface area contributed by atoms with Gasteiger partial charge in [-0.05, 0) is 13.8 Å². The lowest BCUT2D eigenvalue weighted by Gasteiger charge is -2.24. The minimum atomic E-state index is -5.72. The Hall–Kier alpha value is -1.38. The minimum absolute atomic E-state index is 0.216. The molecule has 142 valence electrons. The highest BCUT2D eigenvalue weighted by Gasteiger charge is 2.58. The molecule has 0 aliphatic heterocycles. The van der Waals surface area contributed by atoms with Gasteiger partial charge in [0.15, 0.2) is 5.45 Å². The van der Waals surface area contributed by atoms with E-state index in [-0.39, 0.29) is 18.8 Å². The van der Waals surface area contributed by atoms with Gasteiger partial charge in [0.2, 0.25) is 6.04 Å². The lowest BCUT2D eigenvalue weighted by molar-refractivity contribution is -0.247. The summed E-state index contributed by atoms with van der Waals surface area (Å²) in [5, 5.41) is 0. The Morgan fingerprint density at radius 1 is 1.00 bits per heavy atom. The van der Waals surface area contributed by atoms with E-state index in [1.54, 1.807) is 0 Å². The number of rotatable bonds is 7. The van der Waals surface area contributed by atoms with E-state index < -0.39 is 31.4 Å². The third-order valence-corrected chi connectivity index (χ3v) is 4.85. The van der Waals surface area contributed by atoms with Crippen molar-refractivity contribution >= 4 is 13.0 Å². The van der Waals surface area contributed by atoms with Crippen molar-refractivity contribution < 1.29 is 40.0 Å². The van der Waals surface area contributed by atoms with Crippen LogP contribution >= 0.6 is 7.60 Å². The van der Waals surface area contributed by atoms with Crippen LogP contribution in [0.4, 0.5) is 26.3 Å². The zero-order valence-corrected chi connectivity index (χ0v) is 14.2. The fourth-order valence-corrected chi connectivity index (χ4v) is 3.57. The first-order valence-electron chi connectivity index (χ1n) is 7.12. The summed E-state index contributed by atoms with van der Waals surface area (Å²) in [5.74, 6) is 0. The molecule has 0 N–H and O–H groups in total. The van der Waals surface area contributed by atoms with Gasteiger partial charge >= 0.3 is 19.9 Å². The summed E-state index contributed by atoms with van der Waals surface area (Å²) in [6, 6.07) is 2.48. The van der Waals surface area contributed by atoms with Crippen molar-refractivity contribution in [3.63, 3.8) is 0 Å². The van der Waals surface area contributed by atoms with Crippen molar-refractivity contribution in [2.45, 2.75) is 32.2 Å². The number of halogens is 6. The van der Waals surface area contributed by atoms with E-state index in [1.165, 1.54) is 44.2 Å². The van der Waals surface area contributed by atoms with Crippen LogP contribution in [0.3, 0.4) is 0 Å². The molecule has 0 fully saturated rings. The van der Waals surface area contributed by atoms with Crippen molar-refractivity contribution in [2.75, 3.05) is 13.2 Å². The maximum Gasteiger partial charge on any atom is 0.419 e. The van der Waals surface area contributed by atoms with Crippen LogP contribution in [0.15, 0.2) is 35.3 Å². The van der Waals surface area contributed by atoms with Crippen LogP contribution in [-0.2, 0) is 13.6 Å². The molecule has 0 bridgehead atoms. The number of benzene rings is 1. The number of alkyl halides is 6. The van der Waals surface area contributed by atoms with Gasteiger partial charge in [-0.3, -0.25) is 9.56 Å². The summed E-state index contributed by atoms with van der Waals surface area (Å²) in [6.45, 7) is 2.23. The highest BCUT2D eigenvalue weighted by molar-refractivity contribution is 7.73. The van der Waals surface area contributed by atoms with Gasteiger partial charge in [0.25, 0.3) is 0 Å². The molecule has 0 aliphatic carbocycles. The molecule has 0 amide bonds. The SMILES string of the molecule is CCOP(=O)(OCC)C(=NC(C(F)(F)F)C(F)(F)F)c1ccccc1. The topological polar surface area (TPSA) is 47.9 Å². The van der Waals surface area contributed by atoms with Crippen LogP contribution in [0.25, 0.3) is 0 Å². The van der Waals surface area contributed by atoms with Gasteiger partial charge in [-0.2, -0.15) is 26.3 Å². The summed E-state index contributed by atoms with van der Waals surface area (Å²) >= 11 is 0. The zero-order valence-electron chi connectivity index (χ0n) is 13.3.